The minimum atomic E-state index is -1.46. The van der Waals surface area contributed by atoms with Crippen molar-refractivity contribution >= 4 is 17.1 Å². The summed E-state index contributed by atoms with van der Waals surface area (Å²) in [5, 5.41) is 19.7. The van der Waals surface area contributed by atoms with Crippen LogP contribution in [0.5, 0.6) is 0 Å². The monoisotopic (exact) mass is 281 g/mol. The minimum Gasteiger partial charge on any atom is -0.387 e. The number of aromatic amines is 1. The predicted octanol–water partition coefficient (Wildman–Crippen LogP) is -2.78. The third kappa shape index (κ3) is 1.70. The molecule has 4 atom stereocenters. The Bertz CT molecular complexity index is 724. The Balaban J connectivity index is 2.06. The van der Waals surface area contributed by atoms with Crippen molar-refractivity contribution in [3.05, 3.63) is 23.0 Å². The molecule has 0 spiro atoms. The molecule has 1 fully saturated rings. The first kappa shape index (κ1) is 12.7. The molecule has 2 aromatic heterocycles. The number of rotatable bonds is 2. The fraction of sp³-hybridized carbons (Fsp3) is 0.400. The molecule has 1 amide bonds. The van der Waals surface area contributed by atoms with Gasteiger partial charge in [-0.1, -0.05) is 0 Å². The van der Waals surface area contributed by atoms with Gasteiger partial charge in [0.25, 0.3) is 5.56 Å². The standard InChI is InChI=1S/C10H11N5O5/c11-7(18)6-4(16)5(17)10(20-6)15-2-14-3-8(15)12-1-13-9(3)19/h1-2,4-6,10,16-17H,(H2,11,18)(H,12,13,19)/t4-,5+,6-,10+/m0/s1. The highest BCUT2D eigenvalue weighted by Crippen LogP contribution is 2.30. The van der Waals surface area contributed by atoms with E-state index in [9.17, 15) is 19.8 Å². The molecule has 1 aliphatic rings. The molecule has 0 aromatic carbocycles. The molecule has 0 radical (unpaired) electrons. The Kier molecular flexibility index (Phi) is 2.78. The number of nitrogens with one attached hydrogen (secondary N) is 1. The summed E-state index contributed by atoms with van der Waals surface area (Å²) >= 11 is 0. The number of nitrogens with zero attached hydrogens (tertiary/aromatic N) is 3. The summed E-state index contributed by atoms with van der Waals surface area (Å²) in [4.78, 5) is 32.8. The van der Waals surface area contributed by atoms with E-state index in [2.05, 4.69) is 15.0 Å². The van der Waals surface area contributed by atoms with Gasteiger partial charge in [0.1, 0.15) is 12.2 Å². The minimum absolute atomic E-state index is 0.0558. The van der Waals surface area contributed by atoms with Crippen LogP contribution in [0.3, 0.4) is 0 Å². The number of aliphatic hydroxyl groups is 2. The molecule has 0 bridgehead atoms. The lowest BCUT2D eigenvalue weighted by Crippen LogP contribution is -2.39. The Morgan fingerprint density at radius 2 is 2.15 bits per heavy atom. The van der Waals surface area contributed by atoms with Gasteiger partial charge < -0.3 is 25.7 Å². The Hall–Kier alpha value is -2.30. The van der Waals surface area contributed by atoms with Gasteiger partial charge in [-0.2, -0.15) is 0 Å². The number of carbonyl (C=O) groups excluding carboxylic acids is 1. The molecule has 0 saturated carbocycles. The van der Waals surface area contributed by atoms with Crippen molar-refractivity contribution in [3.63, 3.8) is 0 Å². The largest absolute Gasteiger partial charge is 0.387 e. The first-order valence-electron chi connectivity index (χ1n) is 5.72. The van der Waals surface area contributed by atoms with E-state index in [4.69, 9.17) is 10.5 Å². The number of aromatic nitrogens is 4. The van der Waals surface area contributed by atoms with Gasteiger partial charge >= 0.3 is 0 Å². The summed E-state index contributed by atoms with van der Waals surface area (Å²) < 4.78 is 6.50. The van der Waals surface area contributed by atoms with E-state index in [1.54, 1.807) is 0 Å². The fourth-order valence-electron chi connectivity index (χ4n) is 2.17. The van der Waals surface area contributed by atoms with E-state index in [1.165, 1.54) is 17.2 Å². The van der Waals surface area contributed by atoms with Crippen molar-refractivity contribution < 1.29 is 19.7 Å². The quantitative estimate of drug-likeness (QED) is 0.464. The molecular weight excluding hydrogens is 270 g/mol. The highest BCUT2D eigenvalue weighted by Gasteiger charge is 2.47. The van der Waals surface area contributed by atoms with Crippen molar-refractivity contribution in [1.29, 1.82) is 0 Å². The molecule has 5 N–H and O–H groups in total. The number of ether oxygens (including phenoxy) is 1. The zero-order valence-corrected chi connectivity index (χ0v) is 10.0. The summed E-state index contributed by atoms with van der Waals surface area (Å²) in [6.45, 7) is 0. The summed E-state index contributed by atoms with van der Waals surface area (Å²) in [7, 11) is 0. The number of fused-ring (bicyclic) bond motifs is 1. The van der Waals surface area contributed by atoms with Crippen LogP contribution >= 0.6 is 0 Å². The lowest BCUT2D eigenvalue weighted by molar-refractivity contribution is -0.134. The maximum atomic E-state index is 11.5. The van der Waals surface area contributed by atoms with E-state index >= 15 is 0 Å². The van der Waals surface area contributed by atoms with Crippen molar-refractivity contribution in [2.75, 3.05) is 0 Å². The van der Waals surface area contributed by atoms with Gasteiger partial charge in [0, 0.05) is 0 Å². The number of primary amides is 1. The van der Waals surface area contributed by atoms with Crippen LogP contribution < -0.4 is 11.3 Å². The number of H-pyrrole nitrogens is 1. The third-order valence-electron chi connectivity index (χ3n) is 3.16. The van der Waals surface area contributed by atoms with Gasteiger partial charge in [0.05, 0.1) is 12.7 Å². The molecule has 3 heterocycles. The van der Waals surface area contributed by atoms with E-state index in [-0.39, 0.29) is 11.2 Å². The fourth-order valence-corrected chi connectivity index (χ4v) is 2.17. The second kappa shape index (κ2) is 4.37. The van der Waals surface area contributed by atoms with Crippen molar-refractivity contribution in [2.45, 2.75) is 24.5 Å². The van der Waals surface area contributed by atoms with Crippen LogP contribution in [0.25, 0.3) is 11.2 Å². The number of amides is 1. The first-order chi connectivity index (χ1) is 9.50. The highest BCUT2D eigenvalue weighted by atomic mass is 16.6. The molecule has 0 unspecified atom stereocenters. The van der Waals surface area contributed by atoms with Crippen molar-refractivity contribution in [3.8, 4) is 0 Å². The average molecular weight is 281 g/mol. The molecule has 10 nitrogen and oxygen atoms in total. The molecule has 10 heteroatoms. The molecule has 106 valence electrons. The smallest absolute Gasteiger partial charge is 0.278 e. The molecule has 20 heavy (non-hydrogen) atoms. The number of carbonyl (C=O) groups is 1. The SMILES string of the molecule is NC(=O)[C@H]1O[C@@H](n2cnc3c(=O)[nH]cnc32)[C@H](O)[C@@H]1O. The normalized spacial score (nSPS) is 29.9. The second-order valence-electron chi connectivity index (χ2n) is 4.39. The Labute approximate surface area is 110 Å². The molecule has 3 rings (SSSR count). The van der Waals surface area contributed by atoms with Crippen LogP contribution in [0, 0.1) is 0 Å². The Morgan fingerprint density at radius 1 is 1.40 bits per heavy atom. The predicted molar refractivity (Wildman–Crippen MR) is 63.3 cm³/mol. The second-order valence-corrected chi connectivity index (χ2v) is 4.39. The maximum Gasteiger partial charge on any atom is 0.278 e. The maximum absolute atomic E-state index is 11.5. The number of aliphatic hydroxyl groups excluding tert-OH is 2. The molecule has 2 aromatic rings. The summed E-state index contributed by atoms with van der Waals surface area (Å²) in [5.74, 6) is -0.894. The molecule has 0 aliphatic carbocycles. The van der Waals surface area contributed by atoms with Gasteiger partial charge in [0.15, 0.2) is 23.5 Å². The molecule has 1 saturated heterocycles. The van der Waals surface area contributed by atoms with Crippen LogP contribution in [-0.4, -0.2) is 54.0 Å². The molecular formula is C10H11N5O5. The first-order valence-corrected chi connectivity index (χ1v) is 5.72. The van der Waals surface area contributed by atoms with Gasteiger partial charge in [-0.3, -0.25) is 14.2 Å². The highest BCUT2D eigenvalue weighted by molar-refractivity contribution is 5.80. The zero-order chi connectivity index (χ0) is 14.4. The number of hydrogen-bond donors (Lipinski definition) is 4. The van der Waals surface area contributed by atoms with Crippen LogP contribution in [0.2, 0.25) is 0 Å². The van der Waals surface area contributed by atoms with Gasteiger partial charge in [-0.15, -0.1) is 0 Å². The topological polar surface area (TPSA) is 156 Å². The van der Waals surface area contributed by atoms with E-state index in [0.717, 1.165) is 0 Å². The van der Waals surface area contributed by atoms with E-state index in [1.807, 2.05) is 0 Å². The van der Waals surface area contributed by atoms with E-state index in [0.29, 0.717) is 0 Å². The third-order valence-corrected chi connectivity index (χ3v) is 3.16. The average Bonchev–Trinajstić information content (AvgIpc) is 2.94. The Morgan fingerprint density at radius 3 is 2.80 bits per heavy atom. The molecule has 1 aliphatic heterocycles. The van der Waals surface area contributed by atoms with Gasteiger partial charge in [0.2, 0.25) is 5.91 Å². The number of hydrogen-bond acceptors (Lipinski definition) is 7. The van der Waals surface area contributed by atoms with Crippen molar-refractivity contribution in [2.24, 2.45) is 5.73 Å². The van der Waals surface area contributed by atoms with E-state index < -0.39 is 36.0 Å². The number of nitrogens with two attached hydrogens (primary N) is 1. The van der Waals surface area contributed by atoms with Crippen molar-refractivity contribution in [1.82, 2.24) is 19.5 Å². The summed E-state index contributed by atoms with van der Waals surface area (Å²) in [6, 6.07) is 0. The lowest BCUT2D eigenvalue weighted by Gasteiger charge is -2.15. The van der Waals surface area contributed by atoms with Crippen LogP contribution in [0.1, 0.15) is 6.23 Å². The van der Waals surface area contributed by atoms with Crippen LogP contribution in [-0.2, 0) is 9.53 Å². The van der Waals surface area contributed by atoms with Crippen LogP contribution in [0.4, 0.5) is 0 Å². The van der Waals surface area contributed by atoms with Gasteiger partial charge in [-0.05, 0) is 0 Å². The zero-order valence-electron chi connectivity index (χ0n) is 10.0. The lowest BCUT2D eigenvalue weighted by atomic mass is 10.1. The van der Waals surface area contributed by atoms with Gasteiger partial charge in [-0.25, -0.2) is 9.97 Å². The van der Waals surface area contributed by atoms with Crippen LogP contribution in [0.15, 0.2) is 17.4 Å². The number of imidazole rings is 1. The summed E-state index contributed by atoms with van der Waals surface area (Å²) in [6.07, 6.45) is -2.90. The summed E-state index contributed by atoms with van der Waals surface area (Å²) in [5.41, 5.74) is 4.84.